The molecular weight excluding hydrogens is 300 g/mol. The third-order valence-corrected chi connectivity index (χ3v) is 4.94. The summed E-state index contributed by atoms with van der Waals surface area (Å²) in [5.41, 5.74) is 6.26. The van der Waals surface area contributed by atoms with Gasteiger partial charge in [-0.25, -0.2) is 13.1 Å². The van der Waals surface area contributed by atoms with E-state index in [1.165, 1.54) is 11.8 Å². The van der Waals surface area contributed by atoms with Gasteiger partial charge < -0.3 is 5.73 Å². The summed E-state index contributed by atoms with van der Waals surface area (Å²) < 4.78 is 25.9. The second-order valence-electron chi connectivity index (χ2n) is 3.89. The largest absolute Gasteiger partial charge is 0.399 e. The van der Waals surface area contributed by atoms with E-state index >= 15 is 0 Å². The molecule has 0 aliphatic rings. The summed E-state index contributed by atoms with van der Waals surface area (Å²) in [5, 5.41) is 12.9. The van der Waals surface area contributed by atoms with Crippen LogP contribution in [-0.4, -0.2) is 40.5 Å². The van der Waals surface area contributed by atoms with Gasteiger partial charge in [0, 0.05) is 16.3 Å². The van der Waals surface area contributed by atoms with Gasteiger partial charge in [0.15, 0.2) is 5.82 Å². The predicted molar refractivity (Wildman–Crippen MR) is 76.4 cm³/mol. The zero-order valence-electron chi connectivity index (χ0n) is 10.5. The van der Waals surface area contributed by atoms with E-state index in [-0.39, 0.29) is 12.3 Å². The Morgan fingerprint density at radius 3 is 2.70 bits per heavy atom. The fraction of sp³-hybridized carbons (Fsp3) is 0.300. The van der Waals surface area contributed by atoms with E-state index in [0.717, 1.165) is 4.90 Å². The van der Waals surface area contributed by atoms with Crippen molar-refractivity contribution in [2.24, 2.45) is 0 Å². The van der Waals surface area contributed by atoms with Crippen molar-refractivity contribution in [3.8, 4) is 0 Å². The quantitative estimate of drug-likeness (QED) is 0.484. The molecule has 1 heterocycles. The molecule has 0 spiro atoms. The lowest BCUT2D eigenvalue weighted by Crippen LogP contribution is -2.27. The highest BCUT2D eigenvalue weighted by Gasteiger charge is 2.11. The smallest absolute Gasteiger partial charge is 0.212 e. The lowest BCUT2D eigenvalue weighted by molar-refractivity contribution is 0.581. The fourth-order valence-electron chi connectivity index (χ4n) is 1.34. The van der Waals surface area contributed by atoms with Crippen LogP contribution in [0.25, 0.3) is 0 Å². The number of hydrogen-bond donors (Lipinski definition) is 3. The summed E-state index contributed by atoms with van der Waals surface area (Å²) in [6.45, 7) is 0.0331. The highest BCUT2D eigenvalue weighted by Crippen LogP contribution is 2.19. The van der Waals surface area contributed by atoms with E-state index in [2.05, 4.69) is 25.3 Å². The molecule has 1 aromatic heterocycles. The lowest BCUT2D eigenvalue weighted by Gasteiger charge is -2.05. The van der Waals surface area contributed by atoms with Crippen LogP contribution in [0.15, 0.2) is 29.2 Å². The highest BCUT2D eigenvalue weighted by molar-refractivity contribution is 8.00. The molecule has 10 heteroatoms. The highest BCUT2D eigenvalue weighted by atomic mass is 32.2. The van der Waals surface area contributed by atoms with Crippen molar-refractivity contribution in [3.05, 3.63) is 30.1 Å². The van der Waals surface area contributed by atoms with Gasteiger partial charge in [0.05, 0.1) is 12.3 Å². The second kappa shape index (κ2) is 6.68. The van der Waals surface area contributed by atoms with Crippen LogP contribution in [0.1, 0.15) is 5.82 Å². The molecule has 0 aliphatic carbocycles. The van der Waals surface area contributed by atoms with Gasteiger partial charge in [-0.3, -0.25) is 0 Å². The van der Waals surface area contributed by atoms with Crippen LogP contribution in [0.5, 0.6) is 0 Å². The first-order valence-corrected chi connectivity index (χ1v) is 8.37. The normalized spacial score (nSPS) is 11.6. The Morgan fingerprint density at radius 2 is 2.05 bits per heavy atom. The van der Waals surface area contributed by atoms with E-state index < -0.39 is 10.0 Å². The minimum Gasteiger partial charge on any atom is -0.399 e. The van der Waals surface area contributed by atoms with Gasteiger partial charge in [-0.05, 0) is 24.3 Å². The molecule has 0 radical (unpaired) electrons. The lowest BCUT2D eigenvalue weighted by atomic mass is 10.3. The molecule has 1 aromatic carbocycles. The Kier molecular flexibility index (Phi) is 4.93. The van der Waals surface area contributed by atoms with Gasteiger partial charge in [-0.1, -0.05) is 5.21 Å². The fourth-order valence-corrected chi connectivity index (χ4v) is 3.61. The van der Waals surface area contributed by atoms with Gasteiger partial charge in [0.1, 0.15) is 0 Å². The second-order valence-corrected chi connectivity index (χ2v) is 6.98. The molecule has 0 saturated heterocycles. The van der Waals surface area contributed by atoms with Gasteiger partial charge in [-0.15, -0.1) is 22.0 Å². The number of anilines is 1. The van der Waals surface area contributed by atoms with Crippen molar-refractivity contribution in [1.29, 1.82) is 0 Å². The number of nitrogens with two attached hydrogens (primary N) is 1. The van der Waals surface area contributed by atoms with E-state index in [9.17, 15) is 8.42 Å². The van der Waals surface area contributed by atoms with E-state index in [1.807, 2.05) is 12.1 Å². The summed E-state index contributed by atoms with van der Waals surface area (Å²) in [6, 6.07) is 7.29. The molecule has 20 heavy (non-hydrogen) atoms. The SMILES string of the molecule is Nc1ccc(SCCS(=O)(=O)NCc2nn[nH]n2)cc1. The van der Waals surface area contributed by atoms with Gasteiger partial charge in [-0.2, -0.15) is 5.21 Å². The zero-order valence-corrected chi connectivity index (χ0v) is 12.1. The Balaban J connectivity index is 1.76. The molecular formula is C10H14N6O2S2. The summed E-state index contributed by atoms with van der Waals surface area (Å²) >= 11 is 1.45. The molecule has 0 bridgehead atoms. The van der Waals surface area contributed by atoms with Gasteiger partial charge >= 0.3 is 0 Å². The molecule has 0 saturated carbocycles. The maximum atomic E-state index is 11.7. The predicted octanol–water partition coefficient (Wildman–Crippen LogP) is -0.00640. The number of nitrogens with one attached hydrogen (secondary N) is 2. The van der Waals surface area contributed by atoms with Crippen molar-refractivity contribution in [1.82, 2.24) is 25.3 Å². The number of thioether (sulfide) groups is 1. The van der Waals surface area contributed by atoms with Crippen molar-refractivity contribution >= 4 is 27.5 Å². The first-order valence-electron chi connectivity index (χ1n) is 5.73. The van der Waals surface area contributed by atoms with Crippen molar-refractivity contribution < 1.29 is 8.42 Å². The Labute approximate surface area is 120 Å². The van der Waals surface area contributed by atoms with Gasteiger partial charge in [0.25, 0.3) is 0 Å². The van der Waals surface area contributed by atoms with Crippen LogP contribution in [0, 0.1) is 0 Å². The van der Waals surface area contributed by atoms with Crippen molar-refractivity contribution in [2.75, 3.05) is 17.2 Å². The number of nitrogens with zero attached hydrogens (tertiary/aromatic N) is 3. The third-order valence-electron chi connectivity index (χ3n) is 2.34. The minimum absolute atomic E-state index is 0.0138. The molecule has 0 amide bonds. The maximum Gasteiger partial charge on any atom is 0.212 e. The molecule has 0 atom stereocenters. The average molecular weight is 314 g/mol. The van der Waals surface area contributed by atoms with Crippen LogP contribution in [0.3, 0.4) is 0 Å². The Bertz CT molecular complexity index is 626. The van der Waals surface area contributed by atoms with Crippen LogP contribution in [0.4, 0.5) is 5.69 Å². The third kappa shape index (κ3) is 4.79. The summed E-state index contributed by atoms with van der Waals surface area (Å²) in [4.78, 5) is 0.979. The van der Waals surface area contributed by atoms with E-state index in [4.69, 9.17) is 5.73 Å². The Morgan fingerprint density at radius 1 is 1.30 bits per heavy atom. The Hall–Kier alpha value is -1.65. The number of tetrazole rings is 1. The summed E-state index contributed by atoms with van der Waals surface area (Å²) in [6.07, 6.45) is 0. The van der Waals surface area contributed by atoms with Crippen molar-refractivity contribution in [2.45, 2.75) is 11.4 Å². The van der Waals surface area contributed by atoms with Crippen LogP contribution in [0.2, 0.25) is 0 Å². The molecule has 8 nitrogen and oxygen atoms in total. The first-order chi connectivity index (χ1) is 9.55. The molecule has 2 aromatic rings. The van der Waals surface area contributed by atoms with E-state index in [0.29, 0.717) is 17.3 Å². The number of sulfonamides is 1. The first kappa shape index (κ1) is 14.8. The number of aromatic nitrogens is 4. The molecule has 4 N–H and O–H groups in total. The minimum atomic E-state index is -3.35. The zero-order chi connectivity index (χ0) is 14.4. The van der Waals surface area contributed by atoms with Crippen LogP contribution < -0.4 is 10.5 Å². The number of benzene rings is 1. The standard InChI is InChI=1S/C10H14N6O2S2/c11-8-1-3-9(4-2-8)19-5-6-20(17,18)12-7-10-13-15-16-14-10/h1-4,12H,5-7,11H2,(H,13,14,15,16). The van der Waals surface area contributed by atoms with Crippen LogP contribution >= 0.6 is 11.8 Å². The maximum absolute atomic E-state index is 11.7. The number of hydrogen-bond acceptors (Lipinski definition) is 7. The average Bonchev–Trinajstić information content (AvgIpc) is 2.92. The van der Waals surface area contributed by atoms with E-state index in [1.54, 1.807) is 12.1 Å². The molecule has 2 rings (SSSR count). The van der Waals surface area contributed by atoms with Gasteiger partial charge in [0.2, 0.25) is 10.0 Å². The molecule has 0 unspecified atom stereocenters. The molecule has 0 aliphatic heterocycles. The summed E-state index contributed by atoms with van der Waals surface area (Å²) in [5.74, 6) is 0.769. The van der Waals surface area contributed by atoms with Crippen LogP contribution in [-0.2, 0) is 16.6 Å². The topological polar surface area (TPSA) is 127 Å². The molecule has 0 fully saturated rings. The summed E-state index contributed by atoms with van der Waals surface area (Å²) in [7, 11) is -3.35. The number of nitrogen functional groups attached to an aromatic ring is 1. The molecule has 108 valence electrons. The number of rotatable bonds is 7. The monoisotopic (exact) mass is 314 g/mol. The number of H-pyrrole nitrogens is 1. The van der Waals surface area contributed by atoms with Crippen molar-refractivity contribution in [3.63, 3.8) is 0 Å². The number of aromatic amines is 1.